The quantitative estimate of drug-likeness (QED) is 0.634. The van der Waals surface area contributed by atoms with E-state index >= 15 is 0 Å². The van der Waals surface area contributed by atoms with Gasteiger partial charge >= 0.3 is 0 Å². The highest BCUT2D eigenvalue weighted by Crippen LogP contribution is 2.32. The number of unbranched alkanes of at least 4 members (excludes halogenated alkanes) is 2. The molecule has 2 aromatic carbocycles. The summed E-state index contributed by atoms with van der Waals surface area (Å²) in [6.45, 7) is 4.29. The Kier molecular flexibility index (Phi) is 6.46. The highest BCUT2D eigenvalue weighted by Gasteiger charge is 2.20. The summed E-state index contributed by atoms with van der Waals surface area (Å²) in [5.74, 6) is 1.03. The van der Waals surface area contributed by atoms with Gasteiger partial charge in [0, 0.05) is 37.3 Å². The minimum absolute atomic E-state index is 0.0874. The SMILES string of the molecule is COc1ccc2c(c1)N(CCCCCc1cccc3c1N[C@H](C)CC(=O)N3)CCC2. The van der Waals surface area contributed by atoms with E-state index in [1.165, 1.54) is 36.1 Å². The van der Waals surface area contributed by atoms with E-state index in [4.69, 9.17) is 4.74 Å². The van der Waals surface area contributed by atoms with Crippen molar-refractivity contribution < 1.29 is 9.53 Å². The van der Waals surface area contributed by atoms with Crippen molar-refractivity contribution in [3.8, 4) is 5.75 Å². The fourth-order valence-electron chi connectivity index (χ4n) is 4.64. The van der Waals surface area contributed by atoms with Crippen LogP contribution in [0.3, 0.4) is 0 Å². The Hall–Kier alpha value is -2.69. The Balaban J connectivity index is 1.31. The zero-order valence-corrected chi connectivity index (χ0v) is 18.2. The Morgan fingerprint density at radius 1 is 1.17 bits per heavy atom. The first-order valence-corrected chi connectivity index (χ1v) is 11.2. The maximum atomic E-state index is 12.0. The van der Waals surface area contributed by atoms with Crippen molar-refractivity contribution in [1.29, 1.82) is 0 Å². The first-order valence-electron chi connectivity index (χ1n) is 11.2. The molecule has 0 bridgehead atoms. The number of nitrogens with one attached hydrogen (secondary N) is 2. The second-order valence-electron chi connectivity index (χ2n) is 8.53. The lowest BCUT2D eigenvalue weighted by molar-refractivity contribution is -0.116. The molecule has 4 rings (SSSR count). The summed E-state index contributed by atoms with van der Waals surface area (Å²) in [6.07, 6.45) is 7.47. The lowest BCUT2D eigenvalue weighted by Crippen LogP contribution is -2.30. The first-order chi connectivity index (χ1) is 14.6. The second-order valence-corrected chi connectivity index (χ2v) is 8.53. The monoisotopic (exact) mass is 407 g/mol. The van der Waals surface area contributed by atoms with Gasteiger partial charge in [-0.05, 0) is 62.3 Å². The summed E-state index contributed by atoms with van der Waals surface area (Å²) >= 11 is 0. The molecule has 0 unspecified atom stereocenters. The van der Waals surface area contributed by atoms with E-state index in [1.807, 2.05) is 12.1 Å². The average Bonchev–Trinajstić information content (AvgIpc) is 2.90. The van der Waals surface area contributed by atoms with Crippen LogP contribution in [0.15, 0.2) is 36.4 Å². The number of carbonyl (C=O) groups is 1. The number of ether oxygens (including phenoxy) is 1. The third-order valence-electron chi connectivity index (χ3n) is 6.19. The van der Waals surface area contributed by atoms with Gasteiger partial charge in [0.05, 0.1) is 18.5 Å². The van der Waals surface area contributed by atoms with E-state index < -0.39 is 0 Å². The van der Waals surface area contributed by atoms with Crippen LogP contribution in [0.2, 0.25) is 0 Å². The van der Waals surface area contributed by atoms with Gasteiger partial charge in [-0.1, -0.05) is 24.6 Å². The summed E-state index contributed by atoms with van der Waals surface area (Å²) in [5.41, 5.74) is 6.11. The Morgan fingerprint density at radius 2 is 2.07 bits per heavy atom. The Labute approximate surface area is 179 Å². The number of nitrogens with zero attached hydrogens (tertiary/aromatic N) is 1. The van der Waals surface area contributed by atoms with Gasteiger partial charge in [0.25, 0.3) is 0 Å². The molecule has 30 heavy (non-hydrogen) atoms. The minimum atomic E-state index is 0.0874. The van der Waals surface area contributed by atoms with Gasteiger partial charge in [-0.15, -0.1) is 0 Å². The molecule has 2 aliphatic heterocycles. The van der Waals surface area contributed by atoms with Crippen LogP contribution in [-0.2, 0) is 17.6 Å². The molecule has 1 atom stereocenters. The zero-order chi connectivity index (χ0) is 20.9. The van der Waals surface area contributed by atoms with Gasteiger partial charge in [0.1, 0.15) is 5.75 Å². The van der Waals surface area contributed by atoms with Gasteiger partial charge in [0.2, 0.25) is 5.91 Å². The van der Waals surface area contributed by atoms with Crippen LogP contribution in [0, 0.1) is 0 Å². The molecule has 0 spiro atoms. The predicted octanol–water partition coefficient (Wildman–Crippen LogP) is 5.00. The fraction of sp³-hybridized carbons (Fsp3) is 0.480. The van der Waals surface area contributed by atoms with Gasteiger partial charge < -0.3 is 20.3 Å². The van der Waals surface area contributed by atoms with Crippen LogP contribution < -0.4 is 20.3 Å². The largest absolute Gasteiger partial charge is 0.497 e. The molecule has 0 saturated carbocycles. The number of rotatable bonds is 7. The molecule has 0 aliphatic carbocycles. The summed E-state index contributed by atoms with van der Waals surface area (Å²) in [4.78, 5) is 14.5. The van der Waals surface area contributed by atoms with Crippen LogP contribution in [0.5, 0.6) is 5.75 Å². The molecular weight excluding hydrogens is 374 g/mol. The lowest BCUT2D eigenvalue weighted by Gasteiger charge is -2.31. The van der Waals surface area contributed by atoms with E-state index in [2.05, 4.69) is 46.7 Å². The van der Waals surface area contributed by atoms with Crippen LogP contribution in [0.1, 0.15) is 50.2 Å². The summed E-state index contributed by atoms with van der Waals surface area (Å²) in [6, 6.07) is 12.9. The Bertz CT molecular complexity index is 896. The molecule has 0 aromatic heterocycles. The number of fused-ring (bicyclic) bond motifs is 2. The van der Waals surface area contributed by atoms with Crippen LogP contribution in [0.4, 0.5) is 17.1 Å². The zero-order valence-electron chi connectivity index (χ0n) is 18.2. The number of hydrogen-bond acceptors (Lipinski definition) is 4. The van der Waals surface area contributed by atoms with Crippen molar-refractivity contribution in [2.24, 2.45) is 0 Å². The van der Waals surface area contributed by atoms with E-state index in [1.54, 1.807) is 7.11 Å². The van der Waals surface area contributed by atoms with Gasteiger partial charge in [-0.2, -0.15) is 0 Å². The summed E-state index contributed by atoms with van der Waals surface area (Å²) < 4.78 is 5.43. The normalized spacial score (nSPS) is 18.0. The molecule has 1 amide bonds. The van der Waals surface area contributed by atoms with Crippen molar-refractivity contribution in [3.05, 3.63) is 47.5 Å². The van der Waals surface area contributed by atoms with Crippen molar-refractivity contribution >= 4 is 23.0 Å². The molecule has 5 nitrogen and oxygen atoms in total. The second kappa shape index (κ2) is 9.41. The molecule has 2 aliphatic rings. The van der Waals surface area contributed by atoms with Crippen LogP contribution in [0.25, 0.3) is 0 Å². The predicted molar refractivity (Wildman–Crippen MR) is 124 cm³/mol. The molecule has 160 valence electrons. The first kappa shape index (κ1) is 20.6. The molecule has 0 radical (unpaired) electrons. The molecule has 2 aromatic rings. The Morgan fingerprint density at radius 3 is 2.93 bits per heavy atom. The molecular formula is C25H33N3O2. The number of carbonyl (C=O) groups excluding carboxylic acids is 1. The summed E-state index contributed by atoms with van der Waals surface area (Å²) in [7, 11) is 1.74. The molecule has 2 N–H and O–H groups in total. The maximum absolute atomic E-state index is 12.0. The van der Waals surface area contributed by atoms with Crippen molar-refractivity contribution in [2.75, 3.05) is 35.7 Å². The third-order valence-corrected chi connectivity index (χ3v) is 6.19. The van der Waals surface area contributed by atoms with Gasteiger partial charge in [-0.25, -0.2) is 0 Å². The molecule has 0 fully saturated rings. The molecule has 5 heteroatoms. The number of aryl methyl sites for hydroxylation is 2. The standard InChI is InChI=1S/C25H33N3O2/c1-18-16-24(29)27-22-11-6-9-20(25(22)26-18)8-4-3-5-14-28-15-7-10-19-12-13-21(30-2)17-23(19)28/h6,9,11-13,17-18,26H,3-5,7-8,10,14-16H2,1-2H3,(H,27,29)/t18-/m1/s1. The van der Waals surface area contributed by atoms with Crippen molar-refractivity contribution in [1.82, 2.24) is 0 Å². The minimum Gasteiger partial charge on any atom is -0.497 e. The number of amides is 1. The maximum Gasteiger partial charge on any atom is 0.226 e. The smallest absolute Gasteiger partial charge is 0.226 e. The third kappa shape index (κ3) is 4.72. The van der Waals surface area contributed by atoms with E-state index in [9.17, 15) is 4.79 Å². The number of hydrogen-bond donors (Lipinski definition) is 2. The molecule has 0 saturated heterocycles. The van der Waals surface area contributed by atoms with Crippen LogP contribution in [-0.4, -0.2) is 32.1 Å². The lowest BCUT2D eigenvalue weighted by atomic mass is 10.0. The van der Waals surface area contributed by atoms with E-state index in [-0.39, 0.29) is 11.9 Å². The van der Waals surface area contributed by atoms with Crippen molar-refractivity contribution in [3.63, 3.8) is 0 Å². The van der Waals surface area contributed by atoms with Gasteiger partial charge in [0.15, 0.2) is 0 Å². The van der Waals surface area contributed by atoms with E-state index in [0.29, 0.717) is 6.42 Å². The average molecular weight is 408 g/mol. The van der Waals surface area contributed by atoms with Crippen molar-refractivity contribution in [2.45, 2.75) is 57.9 Å². The number of methoxy groups -OCH3 is 1. The highest BCUT2D eigenvalue weighted by molar-refractivity contribution is 5.97. The van der Waals surface area contributed by atoms with Gasteiger partial charge in [-0.3, -0.25) is 4.79 Å². The number of para-hydroxylation sites is 1. The highest BCUT2D eigenvalue weighted by atomic mass is 16.5. The van der Waals surface area contributed by atoms with E-state index in [0.717, 1.165) is 49.5 Å². The topological polar surface area (TPSA) is 53.6 Å². The number of anilines is 3. The van der Waals surface area contributed by atoms with Crippen LogP contribution >= 0.6 is 0 Å². The fourth-order valence-corrected chi connectivity index (χ4v) is 4.64. The summed E-state index contributed by atoms with van der Waals surface area (Å²) in [5, 5.41) is 6.57. The number of benzene rings is 2. The molecule has 2 heterocycles.